The van der Waals surface area contributed by atoms with Crippen LogP contribution in [0.1, 0.15) is 5.69 Å². The van der Waals surface area contributed by atoms with Gasteiger partial charge in [0.25, 0.3) is 5.76 Å². The number of para-hydroxylation sites is 1. The van der Waals surface area contributed by atoms with Gasteiger partial charge in [0, 0.05) is 10.6 Å². The number of pyridine rings is 1. The van der Waals surface area contributed by atoms with Gasteiger partial charge in [-0.05, 0) is 31.2 Å². The predicted molar refractivity (Wildman–Crippen MR) is 79.9 cm³/mol. The number of aromatic nitrogens is 3. The molecule has 3 rings (SSSR count). The first-order valence-electron chi connectivity index (χ1n) is 6.22. The molecule has 1 aromatic carbocycles. The molecule has 21 heavy (non-hydrogen) atoms. The Morgan fingerprint density at radius 2 is 1.90 bits per heavy atom. The van der Waals surface area contributed by atoms with Crippen LogP contribution in [0.2, 0.25) is 0 Å². The Morgan fingerprint density at radius 1 is 1.14 bits per heavy atom. The van der Waals surface area contributed by atoms with Gasteiger partial charge in [0.15, 0.2) is 5.65 Å². The third kappa shape index (κ3) is 2.56. The summed E-state index contributed by atoms with van der Waals surface area (Å²) in [5.41, 5.74) is 8.51. The van der Waals surface area contributed by atoms with Crippen LogP contribution in [0.15, 0.2) is 41.3 Å². The van der Waals surface area contributed by atoms with Crippen LogP contribution in [0.25, 0.3) is 16.9 Å². The quantitative estimate of drug-likeness (QED) is 0.751. The van der Waals surface area contributed by atoms with Crippen molar-refractivity contribution < 1.29 is 8.78 Å². The highest BCUT2D eigenvalue weighted by atomic mass is 32.2. The first-order valence-corrected chi connectivity index (χ1v) is 7.10. The standard InChI is InChI=1S/C14H12F2N4S/c1-8-6-7-9-12(18-8)20(14(17)19-9)10-4-2-3-5-11(10)21-13(15)16/h2-7,13H,1H3,(H2,17,19). The largest absolute Gasteiger partial charge is 0.369 e. The minimum Gasteiger partial charge on any atom is -0.369 e. The van der Waals surface area contributed by atoms with E-state index in [4.69, 9.17) is 5.73 Å². The summed E-state index contributed by atoms with van der Waals surface area (Å²) in [5.74, 6) is -2.28. The summed E-state index contributed by atoms with van der Waals surface area (Å²) in [6.45, 7) is 1.85. The lowest BCUT2D eigenvalue weighted by atomic mass is 10.3. The summed E-state index contributed by atoms with van der Waals surface area (Å²) in [4.78, 5) is 9.08. The topological polar surface area (TPSA) is 56.7 Å². The Morgan fingerprint density at radius 3 is 2.67 bits per heavy atom. The van der Waals surface area contributed by atoms with Gasteiger partial charge in [-0.3, -0.25) is 4.57 Å². The number of fused-ring (bicyclic) bond motifs is 1. The number of rotatable bonds is 3. The molecule has 0 atom stereocenters. The van der Waals surface area contributed by atoms with Crippen LogP contribution in [-0.2, 0) is 0 Å². The smallest absolute Gasteiger partial charge is 0.288 e. The maximum atomic E-state index is 12.7. The molecule has 2 N–H and O–H groups in total. The van der Waals surface area contributed by atoms with Crippen molar-refractivity contribution in [1.29, 1.82) is 0 Å². The van der Waals surface area contributed by atoms with Crippen LogP contribution in [0.5, 0.6) is 0 Å². The van der Waals surface area contributed by atoms with Crippen molar-refractivity contribution in [3.63, 3.8) is 0 Å². The zero-order chi connectivity index (χ0) is 15.0. The first kappa shape index (κ1) is 13.8. The van der Waals surface area contributed by atoms with Crippen LogP contribution >= 0.6 is 11.8 Å². The predicted octanol–water partition coefficient (Wildman–Crippen LogP) is 3.63. The number of nitrogens with zero attached hydrogens (tertiary/aromatic N) is 3. The molecule has 4 nitrogen and oxygen atoms in total. The molecule has 0 saturated carbocycles. The Balaban J connectivity index is 2.25. The zero-order valence-corrected chi connectivity index (χ0v) is 11.9. The third-order valence-corrected chi connectivity index (χ3v) is 3.77. The van der Waals surface area contributed by atoms with E-state index in [0.717, 1.165) is 5.69 Å². The second-order valence-electron chi connectivity index (χ2n) is 4.45. The lowest BCUT2D eigenvalue weighted by Crippen LogP contribution is -2.03. The number of nitrogens with two attached hydrogens (primary N) is 1. The Kier molecular flexibility index (Phi) is 3.50. The average Bonchev–Trinajstić information content (AvgIpc) is 2.74. The van der Waals surface area contributed by atoms with Gasteiger partial charge in [-0.15, -0.1) is 0 Å². The molecule has 7 heteroatoms. The number of aryl methyl sites for hydroxylation is 1. The van der Waals surface area contributed by atoms with Gasteiger partial charge in [-0.1, -0.05) is 23.9 Å². The maximum Gasteiger partial charge on any atom is 0.288 e. The number of alkyl halides is 2. The van der Waals surface area contributed by atoms with E-state index in [0.29, 0.717) is 33.5 Å². The molecule has 0 aliphatic carbocycles. The molecule has 2 heterocycles. The highest BCUT2D eigenvalue weighted by Gasteiger charge is 2.16. The molecule has 0 bridgehead atoms. The second kappa shape index (κ2) is 5.33. The molecular formula is C14H12F2N4S. The van der Waals surface area contributed by atoms with Gasteiger partial charge in [-0.25, -0.2) is 9.97 Å². The molecule has 0 aliphatic rings. The number of hydrogen-bond acceptors (Lipinski definition) is 4. The number of hydrogen-bond donors (Lipinski definition) is 1. The van der Waals surface area contributed by atoms with Crippen LogP contribution in [0, 0.1) is 6.92 Å². The van der Waals surface area contributed by atoms with Crippen LogP contribution in [0.3, 0.4) is 0 Å². The van der Waals surface area contributed by atoms with Crippen LogP contribution in [0.4, 0.5) is 14.7 Å². The summed E-state index contributed by atoms with van der Waals surface area (Å²) in [6, 6.07) is 10.5. The summed E-state index contributed by atoms with van der Waals surface area (Å²) in [5, 5.41) is 0. The van der Waals surface area contributed by atoms with Crippen molar-refractivity contribution in [3.8, 4) is 5.69 Å². The van der Waals surface area contributed by atoms with E-state index < -0.39 is 5.76 Å². The van der Waals surface area contributed by atoms with E-state index in [1.807, 2.05) is 19.1 Å². The highest BCUT2D eigenvalue weighted by molar-refractivity contribution is 7.99. The lowest BCUT2D eigenvalue weighted by Gasteiger charge is -2.11. The molecule has 0 fully saturated rings. The van der Waals surface area contributed by atoms with E-state index >= 15 is 0 Å². The van der Waals surface area contributed by atoms with E-state index in [9.17, 15) is 8.78 Å². The molecule has 0 radical (unpaired) electrons. The Hall–Kier alpha value is -2.15. The SMILES string of the molecule is Cc1ccc2nc(N)n(-c3ccccc3SC(F)F)c2n1. The molecule has 0 spiro atoms. The molecule has 3 aromatic rings. The molecular weight excluding hydrogens is 294 g/mol. The molecule has 0 saturated heterocycles. The molecule has 2 aromatic heterocycles. The normalized spacial score (nSPS) is 11.4. The second-order valence-corrected chi connectivity index (χ2v) is 5.48. The number of nitrogen functional groups attached to an aromatic ring is 1. The van der Waals surface area contributed by atoms with E-state index in [1.54, 1.807) is 28.8 Å². The van der Waals surface area contributed by atoms with E-state index in [2.05, 4.69) is 9.97 Å². The molecule has 108 valence electrons. The summed E-state index contributed by atoms with van der Waals surface area (Å²) < 4.78 is 27.0. The maximum absolute atomic E-state index is 12.7. The number of halogens is 2. The van der Waals surface area contributed by atoms with E-state index in [1.165, 1.54) is 0 Å². The number of thioether (sulfide) groups is 1. The first-order chi connectivity index (χ1) is 10.1. The fraction of sp³-hybridized carbons (Fsp3) is 0.143. The third-order valence-electron chi connectivity index (χ3n) is 2.99. The van der Waals surface area contributed by atoms with Gasteiger partial charge in [-0.2, -0.15) is 8.78 Å². The van der Waals surface area contributed by atoms with Gasteiger partial charge >= 0.3 is 0 Å². The monoisotopic (exact) mass is 306 g/mol. The van der Waals surface area contributed by atoms with Crippen molar-refractivity contribution in [2.45, 2.75) is 17.6 Å². The Bertz CT molecular complexity index is 801. The summed E-state index contributed by atoms with van der Waals surface area (Å²) >= 11 is 0.479. The fourth-order valence-electron chi connectivity index (χ4n) is 2.14. The molecule has 0 amide bonds. The van der Waals surface area contributed by atoms with Crippen molar-refractivity contribution >= 4 is 28.9 Å². The van der Waals surface area contributed by atoms with Crippen molar-refractivity contribution in [1.82, 2.24) is 14.5 Å². The van der Waals surface area contributed by atoms with Crippen molar-refractivity contribution in [3.05, 3.63) is 42.1 Å². The fourth-order valence-corrected chi connectivity index (χ4v) is 2.77. The number of benzene rings is 1. The average molecular weight is 306 g/mol. The lowest BCUT2D eigenvalue weighted by molar-refractivity contribution is 0.252. The van der Waals surface area contributed by atoms with Crippen molar-refractivity contribution in [2.24, 2.45) is 0 Å². The minimum absolute atomic E-state index is 0.227. The molecule has 0 aliphatic heterocycles. The summed E-state index contributed by atoms with van der Waals surface area (Å²) in [7, 11) is 0. The highest BCUT2D eigenvalue weighted by Crippen LogP contribution is 2.33. The van der Waals surface area contributed by atoms with Crippen LogP contribution in [-0.4, -0.2) is 20.3 Å². The number of imidazole rings is 1. The minimum atomic E-state index is -2.50. The molecule has 0 unspecified atom stereocenters. The number of anilines is 1. The van der Waals surface area contributed by atoms with Gasteiger partial charge in [0.05, 0.1) is 5.69 Å². The zero-order valence-electron chi connectivity index (χ0n) is 11.1. The van der Waals surface area contributed by atoms with E-state index in [-0.39, 0.29) is 5.95 Å². The van der Waals surface area contributed by atoms with Crippen LogP contribution < -0.4 is 5.73 Å². The van der Waals surface area contributed by atoms with Gasteiger partial charge in [0.2, 0.25) is 5.95 Å². The van der Waals surface area contributed by atoms with Gasteiger partial charge in [0.1, 0.15) is 5.52 Å². The summed E-state index contributed by atoms with van der Waals surface area (Å²) in [6.07, 6.45) is 0. The van der Waals surface area contributed by atoms with Gasteiger partial charge < -0.3 is 5.73 Å². The Labute approximate surface area is 124 Å². The van der Waals surface area contributed by atoms with Crippen molar-refractivity contribution in [2.75, 3.05) is 5.73 Å².